The van der Waals surface area contributed by atoms with Gasteiger partial charge in [0.1, 0.15) is 5.15 Å². The molecule has 0 spiro atoms. The summed E-state index contributed by atoms with van der Waals surface area (Å²) in [5, 5.41) is 4.43. The smallest absolute Gasteiger partial charge is 0.274 e. The number of nitrogens with zero attached hydrogens (tertiary/aromatic N) is 2. The Bertz CT molecular complexity index is 782. The summed E-state index contributed by atoms with van der Waals surface area (Å²) in [5.41, 5.74) is 3.19. The number of amides is 1. The number of hydrogen-bond acceptors (Lipinski definition) is 5. The highest BCUT2D eigenvalue weighted by Crippen LogP contribution is 2.33. The van der Waals surface area contributed by atoms with E-state index in [0.717, 1.165) is 0 Å². The zero-order valence-electron chi connectivity index (χ0n) is 13.8. The molecule has 1 amide bonds. The number of nitrogens with one attached hydrogen (secondary N) is 1. The van der Waals surface area contributed by atoms with Gasteiger partial charge in [-0.05, 0) is 32.0 Å². The maximum Gasteiger partial charge on any atom is 0.274 e. The van der Waals surface area contributed by atoms with Crippen molar-refractivity contribution in [1.29, 1.82) is 0 Å². The number of halogens is 2. The van der Waals surface area contributed by atoms with Gasteiger partial charge in [-0.3, -0.25) is 4.79 Å². The first-order chi connectivity index (χ1) is 12.1. The predicted octanol–water partition coefficient (Wildman–Crippen LogP) is 3.95. The standard InChI is InChI=1S/C17H17Cl2N3O3/c1-3-24-14-8-11(13(18)9-15(14)25-4-2)10-21-22-17(23)12-6-5-7-20-16(12)19/h5-10H,3-4H2,1-2H3,(H,22,23). The molecule has 0 aliphatic rings. The highest BCUT2D eigenvalue weighted by Gasteiger charge is 2.11. The zero-order valence-corrected chi connectivity index (χ0v) is 15.3. The Morgan fingerprint density at radius 2 is 1.92 bits per heavy atom. The molecule has 1 aromatic carbocycles. The van der Waals surface area contributed by atoms with E-state index >= 15 is 0 Å². The normalized spacial score (nSPS) is 10.7. The van der Waals surface area contributed by atoms with Crippen LogP contribution in [-0.4, -0.2) is 30.3 Å². The first kappa shape index (κ1) is 19.0. The van der Waals surface area contributed by atoms with Crippen molar-refractivity contribution in [3.8, 4) is 11.5 Å². The first-order valence-electron chi connectivity index (χ1n) is 7.59. The minimum absolute atomic E-state index is 0.105. The molecule has 0 atom stereocenters. The molecule has 2 rings (SSSR count). The van der Waals surface area contributed by atoms with Crippen LogP contribution in [-0.2, 0) is 0 Å². The molecular weight excluding hydrogens is 365 g/mol. The van der Waals surface area contributed by atoms with Gasteiger partial charge in [-0.25, -0.2) is 10.4 Å². The Labute approximate surface area is 155 Å². The third kappa shape index (κ3) is 5.08. The summed E-state index contributed by atoms with van der Waals surface area (Å²) in [4.78, 5) is 15.9. The summed E-state index contributed by atoms with van der Waals surface area (Å²) in [6.07, 6.45) is 2.92. The van der Waals surface area contributed by atoms with Gasteiger partial charge in [-0.15, -0.1) is 0 Å². The number of rotatable bonds is 7. The number of hydrazone groups is 1. The Kier molecular flexibility index (Phi) is 7.03. The molecule has 132 valence electrons. The van der Waals surface area contributed by atoms with Crippen LogP contribution in [0.25, 0.3) is 0 Å². The van der Waals surface area contributed by atoms with E-state index in [0.29, 0.717) is 35.3 Å². The molecule has 6 nitrogen and oxygen atoms in total. The lowest BCUT2D eigenvalue weighted by molar-refractivity contribution is 0.0955. The van der Waals surface area contributed by atoms with E-state index in [4.69, 9.17) is 32.7 Å². The van der Waals surface area contributed by atoms with Crippen molar-refractivity contribution in [2.75, 3.05) is 13.2 Å². The second-order valence-electron chi connectivity index (χ2n) is 4.73. The molecular formula is C17H17Cl2N3O3. The molecule has 0 saturated carbocycles. The summed E-state index contributed by atoms with van der Waals surface area (Å²) < 4.78 is 11.0. The van der Waals surface area contributed by atoms with Gasteiger partial charge in [0.05, 0.1) is 30.0 Å². The van der Waals surface area contributed by atoms with Gasteiger partial charge < -0.3 is 9.47 Å². The lowest BCUT2D eigenvalue weighted by Crippen LogP contribution is -2.18. The fraction of sp³-hybridized carbons (Fsp3) is 0.235. The third-order valence-corrected chi connectivity index (χ3v) is 3.66. The van der Waals surface area contributed by atoms with E-state index < -0.39 is 5.91 Å². The Morgan fingerprint density at radius 1 is 1.24 bits per heavy atom. The summed E-state index contributed by atoms with van der Waals surface area (Å²) in [6.45, 7) is 4.72. The number of benzene rings is 1. The zero-order chi connectivity index (χ0) is 18.2. The molecule has 0 unspecified atom stereocenters. The quantitative estimate of drug-likeness (QED) is 0.447. The van der Waals surface area contributed by atoms with Crippen molar-refractivity contribution < 1.29 is 14.3 Å². The van der Waals surface area contributed by atoms with E-state index in [-0.39, 0.29) is 10.7 Å². The number of hydrogen-bond donors (Lipinski definition) is 1. The van der Waals surface area contributed by atoms with E-state index in [9.17, 15) is 4.79 Å². The summed E-state index contributed by atoms with van der Waals surface area (Å²) >= 11 is 12.1. The van der Waals surface area contributed by atoms with Crippen LogP contribution < -0.4 is 14.9 Å². The van der Waals surface area contributed by atoms with Crippen molar-refractivity contribution in [3.05, 3.63) is 51.8 Å². The minimum Gasteiger partial charge on any atom is -0.490 e. The number of carbonyl (C=O) groups excluding carboxylic acids is 1. The summed E-state index contributed by atoms with van der Waals surface area (Å²) in [6, 6.07) is 6.51. The lowest BCUT2D eigenvalue weighted by atomic mass is 10.2. The molecule has 25 heavy (non-hydrogen) atoms. The van der Waals surface area contributed by atoms with Crippen LogP contribution in [0.1, 0.15) is 29.8 Å². The van der Waals surface area contributed by atoms with Crippen LogP contribution in [0.3, 0.4) is 0 Å². The second kappa shape index (κ2) is 9.25. The molecule has 0 saturated heterocycles. The van der Waals surface area contributed by atoms with Crippen LogP contribution in [0.4, 0.5) is 0 Å². The van der Waals surface area contributed by atoms with Gasteiger partial charge in [0.15, 0.2) is 11.5 Å². The van der Waals surface area contributed by atoms with Gasteiger partial charge in [0.2, 0.25) is 0 Å². The number of carbonyl (C=O) groups is 1. The maximum atomic E-state index is 12.0. The molecule has 0 aliphatic heterocycles. The van der Waals surface area contributed by atoms with Gasteiger partial charge in [0, 0.05) is 17.8 Å². The van der Waals surface area contributed by atoms with Crippen molar-refractivity contribution in [3.63, 3.8) is 0 Å². The molecule has 1 N–H and O–H groups in total. The van der Waals surface area contributed by atoms with Crippen LogP contribution in [0.2, 0.25) is 10.2 Å². The SMILES string of the molecule is CCOc1cc(Cl)c(C=NNC(=O)c2cccnc2Cl)cc1OCC. The van der Waals surface area contributed by atoms with Crippen LogP contribution >= 0.6 is 23.2 Å². The van der Waals surface area contributed by atoms with E-state index in [1.807, 2.05) is 13.8 Å². The monoisotopic (exact) mass is 381 g/mol. The molecule has 0 fully saturated rings. The molecule has 2 aromatic rings. The van der Waals surface area contributed by atoms with Crippen LogP contribution in [0, 0.1) is 0 Å². The molecule has 1 heterocycles. The molecule has 0 bridgehead atoms. The Hall–Kier alpha value is -2.31. The highest BCUT2D eigenvalue weighted by atomic mass is 35.5. The Morgan fingerprint density at radius 3 is 2.56 bits per heavy atom. The van der Waals surface area contributed by atoms with E-state index in [1.165, 1.54) is 12.4 Å². The average Bonchev–Trinajstić information content (AvgIpc) is 2.59. The van der Waals surface area contributed by atoms with Gasteiger partial charge >= 0.3 is 0 Å². The predicted molar refractivity (Wildman–Crippen MR) is 98.1 cm³/mol. The average molecular weight is 382 g/mol. The topological polar surface area (TPSA) is 72.8 Å². The fourth-order valence-corrected chi connectivity index (χ4v) is 2.37. The van der Waals surface area contributed by atoms with Crippen molar-refractivity contribution in [2.45, 2.75) is 13.8 Å². The highest BCUT2D eigenvalue weighted by molar-refractivity contribution is 6.33. The van der Waals surface area contributed by atoms with Crippen molar-refractivity contribution in [1.82, 2.24) is 10.4 Å². The van der Waals surface area contributed by atoms with Crippen LogP contribution in [0.5, 0.6) is 11.5 Å². The van der Waals surface area contributed by atoms with Gasteiger partial charge in [0.25, 0.3) is 5.91 Å². The third-order valence-electron chi connectivity index (χ3n) is 3.04. The maximum absolute atomic E-state index is 12.0. The second-order valence-corrected chi connectivity index (χ2v) is 5.49. The van der Waals surface area contributed by atoms with Crippen LogP contribution in [0.15, 0.2) is 35.6 Å². The molecule has 1 aromatic heterocycles. The Balaban J connectivity index is 2.16. The molecule has 8 heteroatoms. The number of pyridine rings is 1. The fourth-order valence-electron chi connectivity index (χ4n) is 1.96. The van der Waals surface area contributed by atoms with Gasteiger partial charge in [-0.2, -0.15) is 5.10 Å². The van der Waals surface area contributed by atoms with Crippen molar-refractivity contribution in [2.24, 2.45) is 5.10 Å². The lowest BCUT2D eigenvalue weighted by Gasteiger charge is -2.12. The van der Waals surface area contributed by atoms with E-state index in [2.05, 4.69) is 15.5 Å². The van der Waals surface area contributed by atoms with Crippen molar-refractivity contribution >= 4 is 35.3 Å². The minimum atomic E-state index is -0.471. The van der Waals surface area contributed by atoms with E-state index in [1.54, 1.807) is 24.3 Å². The number of ether oxygens (including phenoxy) is 2. The van der Waals surface area contributed by atoms with Gasteiger partial charge in [-0.1, -0.05) is 23.2 Å². The molecule has 0 radical (unpaired) electrons. The summed E-state index contributed by atoms with van der Waals surface area (Å²) in [7, 11) is 0. The largest absolute Gasteiger partial charge is 0.490 e. The number of aromatic nitrogens is 1. The first-order valence-corrected chi connectivity index (χ1v) is 8.35. The summed E-state index contributed by atoms with van der Waals surface area (Å²) in [5.74, 6) is 0.635. The molecule has 0 aliphatic carbocycles.